The molecule has 4 heteroatoms. The van der Waals surface area contributed by atoms with E-state index in [4.69, 9.17) is 19.9 Å². The summed E-state index contributed by atoms with van der Waals surface area (Å²) in [5, 5.41) is 5.58. The number of fused-ring (bicyclic) bond motifs is 9. The normalized spacial score (nSPS) is 12.7. The van der Waals surface area contributed by atoms with E-state index in [1.165, 1.54) is 38.8 Å². The molecule has 0 spiro atoms. The highest BCUT2D eigenvalue weighted by Gasteiger charge is 2.46. The van der Waals surface area contributed by atoms with Gasteiger partial charge in [-0.1, -0.05) is 182 Å². The van der Waals surface area contributed by atoms with Crippen molar-refractivity contribution in [3.63, 3.8) is 0 Å². The lowest BCUT2D eigenvalue weighted by atomic mass is 9.67. The van der Waals surface area contributed by atoms with Gasteiger partial charge in [0.1, 0.15) is 0 Å². The van der Waals surface area contributed by atoms with Crippen LogP contribution in [0.5, 0.6) is 0 Å². The molecule has 4 aromatic heterocycles. The maximum atomic E-state index is 5.39. The molecule has 0 bridgehead atoms. The zero-order valence-electron chi connectivity index (χ0n) is 35.2. The lowest BCUT2D eigenvalue weighted by Crippen LogP contribution is -2.28. The molecular weight excluding hydrogens is 789 g/mol. The van der Waals surface area contributed by atoms with E-state index in [1.807, 2.05) is 24.4 Å². The molecular formula is C61H38N4. The Labute approximate surface area is 376 Å². The second-order valence-corrected chi connectivity index (χ2v) is 16.9. The largest absolute Gasteiger partial charge is 0.256 e. The van der Waals surface area contributed by atoms with E-state index in [2.05, 4.69) is 206 Å². The molecule has 8 aromatic carbocycles. The second kappa shape index (κ2) is 14.8. The molecule has 0 amide bonds. The smallest absolute Gasteiger partial charge is 0.0972 e. The molecule has 13 rings (SSSR count). The summed E-state index contributed by atoms with van der Waals surface area (Å²) >= 11 is 0. The Hall–Kier alpha value is -8.60. The van der Waals surface area contributed by atoms with Crippen molar-refractivity contribution in [3.05, 3.63) is 253 Å². The van der Waals surface area contributed by atoms with Gasteiger partial charge in [0.25, 0.3) is 0 Å². The zero-order chi connectivity index (χ0) is 42.9. The molecule has 4 nitrogen and oxygen atoms in total. The van der Waals surface area contributed by atoms with Gasteiger partial charge >= 0.3 is 0 Å². The molecule has 1 aliphatic rings. The Morgan fingerprint density at radius 3 is 1.54 bits per heavy atom. The monoisotopic (exact) mass is 826 g/mol. The van der Waals surface area contributed by atoms with Gasteiger partial charge in [-0.3, -0.25) is 4.98 Å². The minimum absolute atomic E-state index is 0.486. The first kappa shape index (κ1) is 37.0. The SMILES string of the molecule is c1ccc(-c2ccc3ccc4ccc(-c5ccc(-c6ccc(-c7nc8ccccc8c8cc9c(cc78)-c7ccccc7C9(c7ccccc7)c7ccccc7)cc6)nc5)nc4c3n2)cc1. The van der Waals surface area contributed by atoms with Crippen LogP contribution in [0.2, 0.25) is 0 Å². The Bertz CT molecular complexity index is 3750. The zero-order valence-corrected chi connectivity index (χ0v) is 35.2. The van der Waals surface area contributed by atoms with Gasteiger partial charge in [-0.2, -0.15) is 0 Å². The highest BCUT2D eigenvalue weighted by molar-refractivity contribution is 6.13. The highest BCUT2D eigenvalue weighted by Crippen LogP contribution is 2.57. The fourth-order valence-electron chi connectivity index (χ4n) is 10.3. The Morgan fingerprint density at radius 2 is 0.862 bits per heavy atom. The van der Waals surface area contributed by atoms with E-state index in [-0.39, 0.29) is 0 Å². The molecule has 12 aromatic rings. The first-order chi connectivity index (χ1) is 32.2. The minimum atomic E-state index is -0.486. The highest BCUT2D eigenvalue weighted by atomic mass is 14.8. The van der Waals surface area contributed by atoms with Crippen LogP contribution in [-0.2, 0) is 5.41 Å². The van der Waals surface area contributed by atoms with Crippen LogP contribution in [0.3, 0.4) is 0 Å². The van der Waals surface area contributed by atoms with Gasteiger partial charge in [-0.05, 0) is 81.2 Å². The molecule has 302 valence electrons. The topological polar surface area (TPSA) is 51.6 Å². The number of nitrogens with zero attached hydrogens (tertiary/aromatic N) is 4. The van der Waals surface area contributed by atoms with Crippen molar-refractivity contribution in [2.24, 2.45) is 0 Å². The van der Waals surface area contributed by atoms with Crippen LogP contribution in [0.1, 0.15) is 22.3 Å². The van der Waals surface area contributed by atoms with Crippen molar-refractivity contribution < 1.29 is 0 Å². The number of benzene rings is 8. The predicted molar refractivity (Wildman–Crippen MR) is 267 cm³/mol. The second-order valence-electron chi connectivity index (χ2n) is 16.9. The van der Waals surface area contributed by atoms with Gasteiger partial charge in [-0.25, -0.2) is 15.0 Å². The van der Waals surface area contributed by atoms with Gasteiger partial charge in [0, 0.05) is 50.0 Å². The third-order valence-electron chi connectivity index (χ3n) is 13.4. The van der Waals surface area contributed by atoms with Crippen molar-refractivity contribution >= 4 is 43.5 Å². The van der Waals surface area contributed by atoms with Crippen LogP contribution in [0.15, 0.2) is 231 Å². The molecule has 1 aliphatic carbocycles. The van der Waals surface area contributed by atoms with Gasteiger partial charge in [-0.15, -0.1) is 0 Å². The lowest BCUT2D eigenvalue weighted by Gasteiger charge is -2.34. The predicted octanol–water partition coefficient (Wildman–Crippen LogP) is 14.9. The van der Waals surface area contributed by atoms with Crippen molar-refractivity contribution in [1.29, 1.82) is 0 Å². The fourth-order valence-corrected chi connectivity index (χ4v) is 10.3. The number of hydrogen-bond acceptors (Lipinski definition) is 4. The summed E-state index contributed by atoms with van der Waals surface area (Å²) < 4.78 is 0. The van der Waals surface area contributed by atoms with Crippen molar-refractivity contribution in [1.82, 2.24) is 19.9 Å². The van der Waals surface area contributed by atoms with E-state index in [0.29, 0.717) is 0 Å². The number of aromatic nitrogens is 4. The molecule has 4 heterocycles. The standard InChI is InChI=1S/C61H38N4/c1-4-14-39(15-5-1)55-34-30-42-28-29-43-31-35-56(64-60(43)59(42)63-55)44-32-33-54(62-38-44)40-24-26-41(27-25-40)58-51-36-50-47-20-10-12-22-52(47)61(45-16-6-2-7-17-45,46-18-8-3-9-19-46)53(50)37-49(51)48-21-11-13-23-57(48)65-58/h1-38H. The molecule has 0 saturated heterocycles. The molecule has 0 fully saturated rings. The number of hydrogen-bond donors (Lipinski definition) is 0. The van der Waals surface area contributed by atoms with E-state index >= 15 is 0 Å². The molecule has 0 atom stereocenters. The molecule has 0 saturated carbocycles. The first-order valence-electron chi connectivity index (χ1n) is 22.1. The van der Waals surface area contributed by atoms with Crippen molar-refractivity contribution in [2.45, 2.75) is 5.41 Å². The molecule has 0 radical (unpaired) electrons. The average Bonchev–Trinajstić information content (AvgIpc) is 3.68. The maximum absolute atomic E-state index is 5.39. The fraction of sp³-hybridized carbons (Fsp3) is 0.0164. The summed E-state index contributed by atoms with van der Waals surface area (Å²) in [6.45, 7) is 0. The van der Waals surface area contributed by atoms with Gasteiger partial charge < -0.3 is 0 Å². The summed E-state index contributed by atoms with van der Waals surface area (Å²) in [7, 11) is 0. The van der Waals surface area contributed by atoms with Crippen molar-refractivity contribution in [2.75, 3.05) is 0 Å². The quantitative estimate of drug-likeness (QED) is 0.157. The number of rotatable bonds is 6. The van der Waals surface area contributed by atoms with Crippen molar-refractivity contribution in [3.8, 4) is 56.2 Å². The molecule has 0 aliphatic heterocycles. The number of pyridine rings is 4. The Kier molecular flexibility index (Phi) is 8.40. The van der Waals surface area contributed by atoms with Crippen LogP contribution in [0.25, 0.3) is 99.6 Å². The summed E-state index contributed by atoms with van der Waals surface area (Å²) in [6, 6.07) is 80.2. The Balaban J connectivity index is 0.896. The molecule has 0 N–H and O–H groups in total. The van der Waals surface area contributed by atoms with E-state index in [0.717, 1.165) is 83.1 Å². The van der Waals surface area contributed by atoms with Crippen LogP contribution >= 0.6 is 0 Å². The summed E-state index contributed by atoms with van der Waals surface area (Å²) in [5.74, 6) is 0. The van der Waals surface area contributed by atoms with Crippen LogP contribution in [-0.4, -0.2) is 19.9 Å². The first-order valence-corrected chi connectivity index (χ1v) is 22.1. The lowest BCUT2D eigenvalue weighted by molar-refractivity contribution is 0.769. The van der Waals surface area contributed by atoms with Crippen LogP contribution in [0.4, 0.5) is 0 Å². The number of para-hydroxylation sites is 1. The van der Waals surface area contributed by atoms with Gasteiger partial charge in [0.2, 0.25) is 0 Å². The van der Waals surface area contributed by atoms with E-state index in [9.17, 15) is 0 Å². The van der Waals surface area contributed by atoms with E-state index in [1.54, 1.807) is 0 Å². The van der Waals surface area contributed by atoms with E-state index < -0.39 is 5.41 Å². The minimum Gasteiger partial charge on any atom is -0.256 e. The molecule has 0 unspecified atom stereocenters. The Morgan fingerprint density at radius 1 is 0.323 bits per heavy atom. The summed E-state index contributed by atoms with van der Waals surface area (Å²) in [5.41, 5.74) is 17.6. The maximum Gasteiger partial charge on any atom is 0.0972 e. The summed E-state index contributed by atoms with van der Waals surface area (Å²) in [4.78, 5) is 20.6. The third kappa shape index (κ3) is 5.85. The third-order valence-corrected chi connectivity index (χ3v) is 13.4. The summed E-state index contributed by atoms with van der Waals surface area (Å²) in [6.07, 6.45) is 1.92. The van der Waals surface area contributed by atoms with Gasteiger partial charge in [0.15, 0.2) is 0 Å². The molecule has 65 heavy (non-hydrogen) atoms. The van der Waals surface area contributed by atoms with Gasteiger partial charge in [0.05, 0.1) is 44.7 Å². The average molecular weight is 827 g/mol. The van der Waals surface area contributed by atoms with Crippen LogP contribution in [0, 0.1) is 0 Å². The van der Waals surface area contributed by atoms with Crippen LogP contribution < -0.4 is 0 Å².